The third-order valence-electron chi connectivity index (χ3n) is 4.15. The van der Waals surface area contributed by atoms with Crippen molar-refractivity contribution in [1.29, 1.82) is 0 Å². The Bertz CT molecular complexity index is 1000. The molecule has 3 rings (SSSR count). The van der Waals surface area contributed by atoms with Gasteiger partial charge >= 0.3 is 12.2 Å². The average molecular weight is 419 g/mol. The fourth-order valence-electron chi connectivity index (χ4n) is 2.74. The predicted molar refractivity (Wildman–Crippen MR) is 102 cm³/mol. The number of imide groups is 2. The number of alkyl halides is 3. The molecule has 156 valence electrons. The molecule has 2 aromatic carbocycles. The number of carbonyl (C=O) groups excluding carboxylic acids is 3. The van der Waals surface area contributed by atoms with E-state index in [4.69, 9.17) is 4.74 Å². The van der Waals surface area contributed by atoms with Crippen LogP contribution in [0.25, 0.3) is 0 Å². The lowest BCUT2D eigenvalue weighted by Crippen LogP contribution is -2.58. The third kappa shape index (κ3) is 4.48. The number of nitrogens with zero attached hydrogens (tertiary/aromatic N) is 2. The molecule has 30 heavy (non-hydrogen) atoms. The minimum absolute atomic E-state index is 0.306. The summed E-state index contributed by atoms with van der Waals surface area (Å²) in [4.78, 5) is 41.5. The van der Waals surface area contributed by atoms with E-state index in [9.17, 15) is 27.6 Å². The summed E-state index contributed by atoms with van der Waals surface area (Å²) in [6.07, 6.45) is -3.62. The highest BCUT2D eigenvalue weighted by atomic mass is 19.4. The number of benzene rings is 2. The minimum atomic E-state index is -4.66. The van der Waals surface area contributed by atoms with Crippen LogP contribution in [0.15, 0.2) is 53.5 Å². The van der Waals surface area contributed by atoms with Crippen LogP contribution in [0.3, 0.4) is 0 Å². The molecule has 10 heteroatoms. The Balaban J connectivity index is 1.86. The third-order valence-corrected chi connectivity index (χ3v) is 4.15. The van der Waals surface area contributed by atoms with E-state index in [1.165, 1.54) is 6.07 Å². The zero-order valence-corrected chi connectivity index (χ0v) is 15.6. The van der Waals surface area contributed by atoms with Gasteiger partial charge in [0.2, 0.25) is 5.91 Å². The minimum Gasteiger partial charge on any atom is -0.494 e. The van der Waals surface area contributed by atoms with Crippen molar-refractivity contribution in [3.05, 3.63) is 54.1 Å². The normalized spacial score (nSPS) is 17.4. The molecular formula is C20H16F3N3O4. The van der Waals surface area contributed by atoms with Crippen molar-refractivity contribution in [2.75, 3.05) is 11.5 Å². The second-order valence-corrected chi connectivity index (χ2v) is 6.20. The lowest BCUT2D eigenvalue weighted by Gasteiger charge is -2.28. The number of barbiturate groups is 1. The smallest absolute Gasteiger partial charge is 0.416 e. The van der Waals surface area contributed by atoms with Gasteiger partial charge in [0.25, 0.3) is 5.91 Å². The molecule has 1 heterocycles. The molecule has 0 spiro atoms. The lowest BCUT2D eigenvalue weighted by molar-refractivity contribution is -0.138. The zero-order valence-electron chi connectivity index (χ0n) is 15.6. The summed E-state index contributed by atoms with van der Waals surface area (Å²) in [5, 5.41) is 1.96. The molecule has 0 aromatic heterocycles. The van der Waals surface area contributed by atoms with Crippen LogP contribution >= 0.6 is 0 Å². The Hall–Kier alpha value is -3.69. The number of ether oxygens (including phenoxy) is 1. The van der Waals surface area contributed by atoms with E-state index >= 15 is 0 Å². The molecule has 0 radical (unpaired) electrons. The van der Waals surface area contributed by atoms with E-state index in [2.05, 4.69) is 4.99 Å². The number of halogens is 3. The topological polar surface area (TPSA) is 88.1 Å². The van der Waals surface area contributed by atoms with Gasteiger partial charge in [-0.1, -0.05) is 6.07 Å². The first-order chi connectivity index (χ1) is 14.2. The van der Waals surface area contributed by atoms with Gasteiger partial charge in [-0.05, 0) is 49.4 Å². The Morgan fingerprint density at radius 2 is 1.83 bits per heavy atom. The first kappa shape index (κ1) is 21.0. The summed E-state index contributed by atoms with van der Waals surface area (Å²) < 4.78 is 44.2. The fourth-order valence-corrected chi connectivity index (χ4v) is 2.74. The standard InChI is InChI=1S/C20H16F3N3O4/c1-2-30-15-8-6-13(7-9-15)24-11-16-17(27)25-19(29)26(18(16)28)14-5-3-4-12(10-14)20(21,22)23/h3-11,16H,2H2,1H3,(H,25,27,29)/t16-/m0/s1. The molecule has 0 bridgehead atoms. The Morgan fingerprint density at radius 1 is 1.13 bits per heavy atom. The quantitative estimate of drug-likeness (QED) is 0.591. The number of carbonyl (C=O) groups is 3. The highest BCUT2D eigenvalue weighted by molar-refractivity contribution is 6.32. The Labute approximate surface area is 169 Å². The Morgan fingerprint density at radius 3 is 2.47 bits per heavy atom. The van der Waals surface area contributed by atoms with Gasteiger partial charge in [-0.25, -0.2) is 9.69 Å². The summed E-state index contributed by atoms with van der Waals surface area (Å²) >= 11 is 0. The van der Waals surface area contributed by atoms with Crippen molar-refractivity contribution >= 4 is 35.4 Å². The van der Waals surface area contributed by atoms with Gasteiger partial charge in [-0.2, -0.15) is 13.2 Å². The zero-order chi connectivity index (χ0) is 21.9. The van der Waals surface area contributed by atoms with E-state index in [0.29, 0.717) is 29.0 Å². The van der Waals surface area contributed by atoms with E-state index in [0.717, 1.165) is 18.3 Å². The molecule has 1 aliphatic rings. The molecule has 2 aromatic rings. The van der Waals surface area contributed by atoms with Crippen LogP contribution in [0.2, 0.25) is 0 Å². The number of urea groups is 1. The SMILES string of the molecule is CCOc1ccc(N=C[C@H]2C(=O)NC(=O)N(c3cccc(C(F)(F)F)c3)C2=O)cc1. The summed E-state index contributed by atoms with van der Waals surface area (Å²) in [6, 6.07) is 9.08. The maximum Gasteiger partial charge on any atom is 0.416 e. The summed E-state index contributed by atoms with van der Waals surface area (Å²) in [5.41, 5.74) is -0.919. The van der Waals surface area contributed by atoms with Gasteiger partial charge in [-0.15, -0.1) is 0 Å². The predicted octanol–water partition coefficient (Wildman–Crippen LogP) is 3.71. The fraction of sp³-hybridized carbons (Fsp3) is 0.200. The number of aliphatic imine (C=N–C) groups is 1. The van der Waals surface area contributed by atoms with Crippen LogP contribution in [-0.2, 0) is 15.8 Å². The molecule has 7 nitrogen and oxygen atoms in total. The number of nitrogens with one attached hydrogen (secondary N) is 1. The molecule has 4 amide bonds. The molecule has 0 aliphatic carbocycles. The second-order valence-electron chi connectivity index (χ2n) is 6.20. The van der Waals surface area contributed by atoms with Crippen molar-refractivity contribution in [2.24, 2.45) is 10.9 Å². The van der Waals surface area contributed by atoms with Gasteiger partial charge in [-0.3, -0.25) is 19.9 Å². The number of amides is 4. The van der Waals surface area contributed by atoms with Gasteiger partial charge in [0.15, 0.2) is 5.92 Å². The highest BCUT2D eigenvalue weighted by Gasteiger charge is 2.41. The van der Waals surface area contributed by atoms with Gasteiger partial charge < -0.3 is 4.74 Å². The summed E-state index contributed by atoms with van der Waals surface area (Å²) in [6.45, 7) is 2.32. The Kier molecular flexibility index (Phi) is 5.86. The number of anilines is 1. The number of hydrogen-bond donors (Lipinski definition) is 1. The van der Waals surface area contributed by atoms with Crippen molar-refractivity contribution < 1.29 is 32.3 Å². The van der Waals surface area contributed by atoms with Gasteiger partial charge in [0.1, 0.15) is 5.75 Å². The molecular weight excluding hydrogens is 403 g/mol. The van der Waals surface area contributed by atoms with Crippen LogP contribution in [0, 0.1) is 5.92 Å². The van der Waals surface area contributed by atoms with Crippen LogP contribution in [0.1, 0.15) is 12.5 Å². The first-order valence-corrected chi connectivity index (χ1v) is 8.84. The summed E-state index contributed by atoms with van der Waals surface area (Å²) in [7, 11) is 0. The van der Waals surface area contributed by atoms with Gasteiger partial charge in [0, 0.05) is 6.21 Å². The van der Waals surface area contributed by atoms with Gasteiger partial charge in [0.05, 0.1) is 23.5 Å². The maximum atomic E-state index is 13.0. The number of hydrogen-bond acceptors (Lipinski definition) is 5. The molecule has 1 aliphatic heterocycles. The van der Waals surface area contributed by atoms with E-state index in [1.54, 1.807) is 24.3 Å². The molecule has 1 saturated heterocycles. The molecule has 1 atom stereocenters. The van der Waals surface area contributed by atoms with Crippen molar-refractivity contribution in [2.45, 2.75) is 13.1 Å². The van der Waals surface area contributed by atoms with Crippen LogP contribution in [0.5, 0.6) is 5.75 Å². The van der Waals surface area contributed by atoms with Crippen molar-refractivity contribution in [3.63, 3.8) is 0 Å². The van der Waals surface area contributed by atoms with E-state index in [1.807, 2.05) is 12.2 Å². The van der Waals surface area contributed by atoms with Crippen LogP contribution in [-0.4, -0.2) is 30.7 Å². The van der Waals surface area contributed by atoms with Crippen molar-refractivity contribution in [3.8, 4) is 5.75 Å². The average Bonchev–Trinajstić information content (AvgIpc) is 2.68. The van der Waals surface area contributed by atoms with Crippen LogP contribution < -0.4 is 15.0 Å². The molecule has 1 fully saturated rings. The largest absolute Gasteiger partial charge is 0.494 e. The summed E-state index contributed by atoms with van der Waals surface area (Å²) in [5.74, 6) is -2.78. The number of rotatable bonds is 5. The molecule has 0 unspecified atom stereocenters. The van der Waals surface area contributed by atoms with E-state index in [-0.39, 0.29) is 5.69 Å². The first-order valence-electron chi connectivity index (χ1n) is 8.84. The van der Waals surface area contributed by atoms with E-state index < -0.39 is 35.5 Å². The van der Waals surface area contributed by atoms with Crippen molar-refractivity contribution in [1.82, 2.24) is 5.32 Å². The van der Waals surface area contributed by atoms with Crippen LogP contribution in [0.4, 0.5) is 29.3 Å². The maximum absolute atomic E-state index is 13.0. The monoisotopic (exact) mass is 419 g/mol. The second kappa shape index (κ2) is 8.36. The molecule has 0 saturated carbocycles. The lowest BCUT2D eigenvalue weighted by atomic mass is 10.1. The molecule has 1 N–H and O–H groups in total. The highest BCUT2D eigenvalue weighted by Crippen LogP contribution is 2.32.